The van der Waals surface area contributed by atoms with Crippen LogP contribution in [0.2, 0.25) is 0 Å². The zero-order valence-electron chi connectivity index (χ0n) is 7.53. The molecule has 0 aromatic rings. The molecule has 1 saturated carbocycles. The van der Waals surface area contributed by atoms with E-state index in [1.54, 1.807) is 5.57 Å². The molecule has 0 amide bonds. The fourth-order valence-electron chi connectivity index (χ4n) is 2.81. The summed E-state index contributed by atoms with van der Waals surface area (Å²) >= 11 is 0. The number of hydrogen-bond donors (Lipinski definition) is 0. The van der Waals surface area contributed by atoms with Crippen molar-refractivity contribution in [3.05, 3.63) is 11.6 Å². The Morgan fingerprint density at radius 1 is 1.18 bits per heavy atom. The van der Waals surface area contributed by atoms with Crippen LogP contribution in [0.1, 0.15) is 51.9 Å². The van der Waals surface area contributed by atoms with Crippen LogP contribution in [0, 0.1) is 5.41 Å². The van der Waals surface area contributed by atoms with Gasteiger partial charge in [0.25, 0.3) is 0 Å². The molecule has 2 aliphatic rings. The summed E-state index contributed by atoms with van der Waals surface area (Å²) in [5.74, 6) is 0. The van der Waals surface area contributed by atoms with Crippen LogP contribution in [-0.4, -0.2) is 0 Å². The topological polar surface area (TPSA) is 0 Å². The van der Waals surface area contributed by atoms with Crippen molar-refractivity contribution in [2.75, 3.05) is 0 Å². The van der Waals surface area contributed by atoms with E-state index in [1.165, 1.54) is 44.9 Å². The quantitative estimate of drug-likeness (QED) is 0.462. The minimum Gasteiger partial charge on any atom is -0.0850 e. The van der Waals surface area contributed by atoms with Crippen LogP contribution in [0.15, 0.2) is 11.6 Å². The first kappa shape index (κ1) is 7.39. The number of rotatable bonds is 0. The van der Waals surface area contributed by atoms with Gasteiger partial charge in [-0.05, 0) is 38.0 Å². The average Bonchev–Trinajstić information content (AvgIpc) is 2.34. The maximum absolute atomic E-state index is 2.46. The third-order valence-corrected chi connectivity index (χ3v) is 3.45. The van der Waals surface area contributed by atoms with Crippen LogP contribution in [0.4, 0.5) is 0 Å². The lowest BCUT2D eigenvalue weighted by atomic mass is 9.72. The third kappa shape index (κ3) is 1.36. The Kier molecular flexibility index (Phi) is 1.78. The van der Waals surface area contributed by atoms with Crippen LogP contribution in [-0.2, 0) is 0 Å². The van der Waals surface area contributed by atoms with E-state index >= 15 is 0 Å². The average molecular weight is 150 g/mol. The Morgan fingerprint density at radius 2 is 1.91 bits per heavy atom. The zero-order chi connectivity index (χ0) is 7.73. The van der Waals surface area contributed by atoms with Gasteiger partial charge >= 0.3 is 0 Å². The molecule has 0 nitrogen and oxygen atoms in total. The van der Waals surface area contributed by atoms with E-state index in [2.05, 4.69) is 13.0 Å². The van der Waals surface area contributed by atoms with Gasteiger partial charge in [0.2, 0.25) is 0 Å². The van der Waals surface area contributed by atoms with E-state index in [0.29, 0.717) is 0 Å². The number of allylic oxidation sites excluding steroid dienone is 2. The summed E-state index contributed by atoms with van der Waals surface area (Å²) in [6.45, 7) is 2.29. The predicted molar refractivity (Wildman–Crippen MR) is 48.5 cm³/mol. The Morgan fingerprint density at radius 3 is 2.45 bits per heavy atom. The monoisotopic (exact) mass is 150 g/mol. The van der Waals surface area contributed by atoms with Crippen molar-refractivity contribution in [1.29, 1.82) is 0 Å². The van der Waals surface area contributed by atoms with Crippen molar-refractivity contribution < 1.29 is 0 Å². The second-order valence-electron chi connectivity index (χ2n) is 4.49. The highest BCUT2D eigenvalue weighted by molar-refractivity contribution is 5.12. The highest BCUT2D eigenvalue weighted by Crippen LogP contribution is 2.48. The fourth-order valence-corrected chi connectivity index (χ4v) is 2.81. The Hall–Kier alpha value is -0.260. The molecule has 0 heteroatoms. The van der Waals surface area contributed by atoms with Crippen LogP contribution in [0.25, 0.3) is 0 Å². The van der Waals surface area contributed by atoms with E-state index in [4.69, 9.17) is 0 Å². The molecule has 0 unspecified atom stereocenters. The highest BCUT2D eigenvalue weighted by atomic mass is 14.4. The molecule has 0 radical (unpaired) electrons. The second kappa shape index (κ2) is 2.66. The standard InChI is InChI=1S/C11H18/c1-10-5-8-11(9-10)6-3-2-4-7-11/h5H,2-4,6-9H2,1H3. The van der Waals surface area contributed by atoms with Gasteiger partial charge in [0.05, 0.1) is 0 Å². The predicted octanol–water partition coefficient (Wildman–Crippen LogP) is 3.68. The van der Waals surface area contributed by atoms with Gasteiger partial charge in [-0.3, -0.25) is 0 Å². The maximum Gasteiger partial charge on any atom is -0.0226 e. The van der Waals surface area contributed by atoms with Crippen LogP contribution >= 0.6 is 0 Å². The summed E-state index contributed by atoms with van der Waals surface area (Å²) in [4.78, 5) is 0. The lowest BCUT2D eigenvalue weighted by Crippen LogP contribution is -2.20. The first-order valence-corrected chi connectivity index (χ1v) is 4.96. The molecule has 2 aliphatic carbocycles. The van der Waals surface area contributed by atoms with Gasteiger partial charge in [-0.15, -0.1) is 0 Å². The van der Waals surface area contributed by atoms with Gasteiger partial charge in [0.15, 0.2) is 0 Å². The second-order valence-corrected chi connectivity index (χ2v) is 4.49. The molecule has 0 aromatic heterocycles. The molecule has 0 N–H and O–H groups in total. The lowest BCUT2D eigenvalue weighted by molar-refractivity contribution is 0.204. The van der Waals surface area contributed by atoms with Crippen molar-refractivity contribution in [3.63, 3.8) is 0 Å². The van der Waals surface area contributed by atoms with Gasteiger partial charge in [-0.1, -0.05) is 30.9 Å². The van der Waals surface area contributed by atoms with Crippen molar-refractivity contribution in [1.82, 2.24) is 0 Å². The van der Waals surface area contributed by atoms with E-state index in [1.807, 2.05) is 0 Å². The first-order valence-electron chi connectivity index (χ1n) is 4.96. The fraction of sp³-hybridized carbons (Fsp3) is 0.818. The molecule has 2 rings (SSSR count). The Labute approximate surface area is 69.7 Å². The van der Waals surface area contributed by atoms with Crippen LogP contribution in [0.3, 0.4) is 0 Å². The van der Waals surface area contributed by atoms with Crippen molar-refractivity contribution in [3.8, 4) is 0 Å². The molecule has 11 heavy (non-hydrogen) atoms. The van der Waals surface area contributed by atoms with E-state index in [0.717, 1.165) is 5.41 Å². The Balaban J connectivity index is 2.01. The van der Waals surface area contributed by atoms with Gasteiger partial charge in [-0.25, -0.2) is 0 Å². The molecule has 0 saturated heterocycles. The van der Waals surface area contributed by atoms with Crippen LogP contribution < -0.4 is 0 Å². The number of hydrogen-bond acceptors (Lipinski definition) is 0. The van der Waals surface area contributed by atoms with E-state index in [9.17, 15) is 0 Å². The summed E-state index contributed by atoms with van der Waals surface area (Å²) in [7, 11) is 0. The van der Waals surface area contributed by atoms with E-state index < -0.39 is 0 Å². The SMILES string of the molecule is CC1=CCC2(CCCCC2)C1. The molecular formula is C11H18. The van der Waals surface area contributed by atoms with Crippen molar-refractivity contribution in [2.45, 2.75) is 51.9 Å². The zero-order valence-corrected chi connectivity index (χ0v) is 7.53. The van der Waals surface area contributed by atoms with Crippen LogP contribution in [0.5, 0.6) is 0 Å². The first-order chi connectivity index (χ1) is 5.31. The molecule has 0 atom stereocenters. The van der Waals surface area contributed by atoms with Crippen molar-refractivity contribution >= 4 is 0 Å². The van der Waals surface area contributed by atoms with Gasteiger partial charge in [-0.2, -0.15) is 0 Å². The molecule has 1 spiro atoms. The molecule has 0 aliphatic heterocycles. The summed E-state index contributed by atoms with van der Waals surface area (Å²) in [6, 6.07) is 0. The van der Waals surface area contributed by atoms with Gasteiger partial charge < -0.3 is 0 Å². The molecule has 0 bridgehead atoms. The molecule has 1 fully saturated rings. The molecule has 62 valence electrons. The van der Waals surface area contributed by atoms with Crippen molar-refractivity contribution in [2.24, 2.45) is 5.41 Å². The van der Waals surface area contributed by atoms with Gasteiger partial charge in [0, 0.05) is 0 Å². The highest BCUT2D eigenvalue weighted by Gasteiger charge is 2.33. The normalized spacial score (nSPS) is 29.0. The Bertz CT molecular complexity index is 170. The summed E-state index contributed by atoms with van der Waals surface area (Å²) in [5.41, 5.74) is 2.40. The minimum absolute atomic E-state index is 0.752. The summed E-state index contributed by atoms with van der Waals surface area (Å²) in [5, 5.41) is 0. The minimum atomic E-state index is 0.752. The van der Waals surface area contributed by atoms with E-state index in [-0.39, 0.29) is 0 Å². The summed E-state index contributed by atoms with van der Waals surface area (Å²) in [6.07, 6.45) is 12.7. The van der Waals surface area contributed by atoms with Gasteiger partial charge in [0.1, 0.15) is 0 Å². The largest absolute Gasteiger partial charge is 0.0850 e. The maximum atomic E-state index is 2.46. The third-order valence-electron chi connectivity index (χ3n) is 3.45. The molecular weight excluding hydrogens is 132 g/mol. The summed E-state index contributed by atoms with van der Waals surface area (Å²) < 4.78 is 0. The smallest absolute Gasteiger partial charge is 0.0226 e. The molecule has 0 heterocycles. The lowest BCUT2D eigenvalue weighted by Gasteiger charge is -2.33. The molecule has 0 aromatic carbocycles.